The summed E-state index contributed by atoms with van der Waals surface area (Å²) in [6, 6.07) is 17.9. The van der Waals surface area contributed by atoms with Gasteiger partial charge in [-0.25, -0.2) is 4.79 Å². The number of fused-ring (bicyclic) bond motifs is 1. The average Bonchev–Trinajstić information content (AvgIpc) is 2.55. The first-order valence-electron chi connectivity index (χ1n) is 6.51. The van der Waals surface area contributed by atoms with Crippen molar-refractivity contribution in [2.45, 2.75) is 0 Å². The number of hydrogen-bond acceptors (Lipinski definition) is 3. The second-order valence-corrected chi connectivity index (χ2v) is 4.57. The number of rotatable bonds is 2. The normalized spacial score (nSPS) is 10.5. The average molecular weight is 279 g/mol. The van der Waals surface area contributed by atoms with Gasteiger partial charge in [0.1, 0.15) is 5.69 Å². The minimum atomic E-state index is -0.540. The van der Waals surface area contributed by atoms with Gasteiger partial charge in [-0.2, -0.15) is 0 Å². The zero-order chi connectivity index (χ0) is 14.8. The van der Waals surface area contributed by atoms with Crippen LogP contribution in [0.4, 0.5) is 0 Å². The van der Waals surface area contributed by atoms with Crippen molar-refractivity contribution in [3.8, 4) is 5.69 Å². The molecule has 0 fully saturated rings. The Hall–Kier alpha value is -2.88. The third-order valence-corrected chi connectivity index (χ3v) is 3.33. The topological polar surface area (TPSA) is 48.3 Å². The van der Waals surface area contributed by atoms with Crippen molar-refractivity contribution in [2.75, 3.05) is 7.11 Å². The summed E-state index contributed by atoms with van der Waals surface area (Å²) >= 11 is 0. The minimum Gasteiger partial charge on any atom is -0.464 e. The molecule has 0 saturated carbocycles. The van der Waals surface area contributed by atoms with E-state index in [1.165, 1.54) is 13.2 Å². The van der Waals surface area contributed by atoms with Crippen LogP contribution in [0.2, 0.25) is 0 Å². The number of carbonyl (C=O) groups excluding carboxylic acids is 1. The van der Waals surface area contributed by atoms with E-state index >= 15 is 0 Å². The van der Waals surface area contributed by atoms with Crippen molar-refractivity contribution in [2.24, 2.45) is 0 Å². The van der Waals surface area contributed by atoms with Crippen LogP contribution in [0, 0.1) is 0 Å². The first-order valence-corrected chi connectivity index (χ1v) is 6.51. The highest BCUT2D eigenvalue weighted by molar-refractivity contribution is 5.93. The smallest absolute Gasteiger partial charge is 0.355 e. The third kappa shape index (κ3) is 2.21. The molecular formula is C17H13NO3. The van der Waals surface area contributed by atoms with Gasteiger partial charge < -0.3 is 9.30 Å². The van der Waals surface area contributed by atoms with Gasteiger partial charge in [0.25, 0.3) is 0 Å². The highest BCUT2D eigenvalue weighted by Gasteiger charge is 2.16. The zero-order valence-electron chi connectivity index (χ0n) is 11.4. The minimum absolute atomic E-state index is 0.196. The fourth-order valence-electron chi connectivity index (χ4n) is 2.38. The SMILES string of the molecule is COC(=O)c1cc(=O)c2ccccc2n1-c1ccccc1. The van der Waals surface area contributed by atoms with E-state index in [2.05, 4.69) is 0 Å². The number of para-hydroxylation sites is 2. The molecule has 0 N–H and O–H groups in total. The van der Waals surface area contributed by atoms with E-state index in [0.29, 0.717) is 10.9 Å². The molecule has 4 heteroatoms. The molecule has 1 aromatic heterocycles. The molecule has 0 spiro atoms. The maximum atomic E-state index is 12.2. The molecule has 21 heavy (non-hydrogen) atoms. The van der Waals surface area contributed by atoms with E-state index in [1.807, 2.05) is 42.5 Å². The monoisotopic (exact) mass is 279 g/mol. The molecule has 0 amide bonds. The van der Waals surface area contributed by atoms with Crippen molar-refractivity contribution in [3.63, 3.8) is 0 Å². The Balaban J connectivity index is 2.46. The van der Waals surface area contributed by atoms with Crippen molar-refractivity contribution < 1.29 is 9.53 Å². The van der Waals surface area contributed by atoms with Crippen molar-refractivity contribution in [1.29, 1.82) is 0 Å². The molecule has 104 valence electrons. The second kappa shape index (κ2) is 5.25. The third-order valence-electron chi connectivity index (χ3n) is 3.33. The van der Waals surface area contributed by atoms with Crippen LogP contribution in [0.1, 0.15) is 10.5 Å². The number of ether oxygens (including phenoxy) is 1. The number of benzene rings is 2. The van der Waals surface area contributed by atoms with Crippen molar-refractivity contribution in [3.05, 3.63) is 76.6 Å². The summed E-state index contributed by atoms with van der Waals surface area (Å²) in [5, 5.41) is 0.564. The van der Waals surface area contributed by atoms with Crippen molar-refractivity contribution >= 4 is 16.9 Å². The number of methoxy groups -OCH3 is 1. The second-order valence-electron chi connectivity index (χ2n) is 4.57. The molecule has 0 saturated heterocycles. The number of carbonyl (C=O) groups is 1. The van der Waals surface area contributed by atoms with Gasteiger partial charge in [-0.1, -0.05) is 30.3 Å². The Morgan fingerprint density at radius 2 is 1.67 bits per heavy atom. The molecule has 1 heterocycles. The molecule has 2 aromatic carbocycles. The largest absolute Gasteiger partial charge is 0.464 e. The Morgan fingerprint density at radius 1 is 1.00 bits per heavy atom. The van der Waals surface area contributed by atoms with E-state index < -0.39 is 5.97 Å². The van der Waals surface area contributed by atoms with E-state index in [-0.39, 0.29) is 11.1 Å². The first kappa shape index (κ1) is 13.1. The molecule has 0 aliphatic rings. The van der Waals surface area contributed by atoms with Gasteiger partial charge in [0.15, 0.2) is 5.43 Å². The van der Waals surface area contributed by atoms with Gasteiger partial charge in [0, 0.05) is 17.1 Å². The number of esters is 1. The number of aromatic nitrogens is 1. The first-order chi connectivity index (χ1) is 10.2. The summed E-state index contributed by atoms with van der Waals surface area (Å²) in [5.41, 5.74) is 1.50. The zero-order valence-corrected chi connectivity index (χ0v) is 11.4. The highest BCUT2D eigenvalue weighted by atomic mass is 16.5. The quantitative estimate of drug-likeness (QED) is 0.678. The molecule has 0 bridgehead atoms. The standard InChI is InChI=1S/C17H13NO3/c1-21-17(20)15-11-16(19)13-9-5-6-10-14(13)18(15)12-7-3-2-4-8-12/h2-11H,1H3. The van der Waals surface area contributed by atoms with Crippen LogP contribution in [0.25, 0.3) is 16.6 Å². The fraction of sp³-hybridized carbons (Fsp3) is 0.0588. The van der Waals surface area contributed by atoms with Gasteiger partial charge in [-0.15, -0.1) is 0 Å². The number of pyridine rings is 1. The van der Waals surface area contributed by atoms with E-state index in [4.69, 9.17) is 4.74 Å². The lowest BCUT2D eigenvalue weighted by atomic mass is 10.1. The number of nitrogens with zero attached hydrogens (tertiary/aromatic N) is 1. The lowest BCUT2D eigenvalue weighted by molar-refractivity contribution is 0.0591. The lowest BCUT2D eigenvalue weighted by Gasteiger charge is -2.15. The predicted octanol–water partition coefficient (Wildman–Crippen LogP) is 2.78. The van der Waals surface area contributed by atoms with Crippen LogP contribution in [0.5, 0.6) is 0 Å². The molecule has 0 radical (unpaired) electrons. The van der Waals surface area contributed by atoms with E-state index in [0.717, 1.165) is 5.69 Å². The van der Waals surface area contributed by atoms with Crippen LogP contribution in [0.15, 0.2) is 65.5 Å². The van der Waals surface area contributed by atoms with E-state index in [1.54, 1.807) is 16.7 Å². The molecule has 0 aliphatic carbocycles. The van der Waals surface area contributed by atoms with Crippen LogP contribution in [-0.2, 0) is 4.74 Å². The molecule has 0 aliphatic heterocycles. The molecule has 4 nitrogen and oxygen atoms in total. The molecule has 3 aromatic rings. The number of hydrogen-bond donors (Lipinski definition) is 0. The van der Waals surface area contributed by atoms with Crippen LogP contribution < -0.4 is 5.43 Å². The predicted molar refractivity (Wildman–Crippen MR) is 80.9 cm³/mol. The van der Waals surface area contributed by atoms with Crippen LogP contribution in [-0.4, -0.2) is 17.6 Å². The van der Waals surface area contributed by atoms with Gasteiger partial charge in [-0.05, 0) is 24.3 Å². The Kier molecular flexibility index (Phi) is 3.28. The maximum absolute atomic E-state index is 12.2. The molecule has 0 atom stereocenters. The summed E-state index contributed by atoms with van der Waals surface area (Å²) < 4.78 is 6.54. The van der Waals surface area contributed by atoms with E-state index in [9.17, 15) is 9.59 Å². The maximum Gasteiger partial charge on any atom is 0.355 e. The molecular weight excluding hydrogens is 266 g/mol. The fourth-order valence-corrected chi connectivity index (χ4v) is 2.38. The lowest BCUT2D eigenvalue weighted by Crippen LogP contribution is -2.18. The van der Waals surface area contributed by atoms with Crippen molar-refractivity contribution in [1.82, 2.24) is 4.57 Å². The summed E-state index contributed by atoms with van der Waals surface area (Å²) in [4.78, 5) is 24.2. The van der Waals surface area contributed by atoms with Gasteiger partial charge in [-0.3, -0.25) is 4.79 Å². The van der Waals surface area contributed by atoms with Crippen LogP contribution >= 0.6 is 0 Å². The van der Waals surface area contributed by atoms with Crippen LogP contribution in [0.3, 0.4) is 0 Å². The summed E-state index contributed by atoms with van der Waals surface area (Å²) in [5.74, 6) is -0.540. The van der Waals surface area contributed by atoms with Gasteiger partial charge in [0.2, 0.25) is 0 Å². The molecule has 0 unspecified atom stereocenters. The summed E-state index contributed by atoms with van der Waals surface area (Å²) in [6.07, 6.45) is 0. The van der Waals surface area contributed by atoms with Gasteiger partial charge in [0.05, 0.1) is 12.6 Å². The Morgan fingerprint density at radius 3 is 2.38 bits per heavy atom. The Labute approximate surface area is 121 Å². The Bertz CT molecular complexity index is 866. The highest BCUT2D eigenvalue weighted by Crippen LogP contribution is 2.19. The summed E-state index contributed by atoms with van der Waals surface area (Å²) in [7, 11) is 1.30. The molecule has 3 rings (SSSR count). The van der Waals surface area contributed by atoms with Gasteiger partial charge >= 0.3 is 5.97 Å². The summed E-state index contributed by atoms with van der Waals surface area (Å²) in [6.45, 7) is 0.